The second-order valence-electron chi connectivity index (χ2n) is 6.30. The van der Waals surface area contributed by atoms with Gasteiger partial charge in [0.2, 0.25) is 5.91 Å². The Morgan fingerprint density at radius 2 is 1.95 bits per heavy atom. The van der Waals surface area contributed by atoms with Crippen LogP contribution in [0.25, 0.3) is 0 Å². The first-order chi connectivity index (χ1) is 10.2. The van der Waals surface area contributed by atoms with Gasteiger partial charge >= 0.3 is 0 Å². The molecule has 2 aliphatic rings. The summed E-state index contributed by atoms with van der Waals surface area (Å²) in [6.45, 7) is 6.55. The van der Waals surface area contributed by atoms with E-state index in [-0.39, 0.29) is 5.91 Å². The number of carbonyl (C=O) groups is 1. The molecule has 1 aromatic carbocycles. The number of anilines is 1. The second-order valence-corrected chi connectivity index (χ2v) is 6.30. The van der Waals surface area contributed by atoms with E-state index in [2.05, 4.69) is 47.6 Å². The van der Waals surface area contributed by atoms with Crippen LogP contribution in [0.15, 0.2) is 18.2 Å². The standard InChI is InChI=1S/C17H25N3O/c1-12-4-3-5-13(2)17(12)19-11-16(21)20-14-6-7-15(20)10-18-9-8-14/h3-5,14-15,18-19H,6-11H2,1-2H3. The van der Waals surface area contributed by atoms with E-state index in [1.54, 1.807) is 0 Å². The molecule has 2 N–H and O–H groups in total. The number of fused-ring (bicyclic) bond motifs is 2. The van der Waals surface area contributed by atoms with Crippen LogP contribution in [0.2, 0.25) is 0 Å². The van der Waals surface area contributed by atoms with Gasteiger partial charge in [0, 0.05) is 24.3 Å². The summed E-state index contributed by atoms with van der Waals surface area (Å²) in [6.07, 6.45) is 3.40. The molecule has 0 radical (unpaired) electrons. The van der Waals surface area contributed by atoms with Crippen LogP contribution in [0, 0.1) is 13.8 Å². The van der Waals surface area contributed by atoms with Crippen LogP contribution < -0.4 is 10.6 Å². The molecule has 2 heterocycles. The lowest BCUT2D eigenvalue weighted by Crippen LogP contribution is -2.45. The molecule has 0 saturated carbocycles. The topological polar surface area (TPSA) is 44.4 Å². The number of nitrogens with one attached hydrogen (secondary N) is 2. The van der Waals surface area contributed by atoms with Crippen molar-refractivity contribution in [3.05, 3.63) is 29.3 Å². The number of para-hydroxylation sites is 1. The van der Waals surface area contributed by atoms with Gasteiger partial charge in [0.05, 0.1) is 6.54 Å². The minimum Gasteiger partial charge on any atom is -0.376 e. The van der Waals surface area contributed by atoms with Crippen molar-refractivity contribution in [1.82, 2.24) is 10.2 Å². The normalized spacial score (nSPS) is 24.8. The summed E-state index contributed by atoms with van der Waals surface area (Å²) < 4.78 is 0. The minimum atomic E-state index is 0.244. The van der Waals surface area contributed by atoms with Crippen LogP contribution in [0.3, 0.4) is 0 Å². The van der Waals surface area contributed by atoms with Gasteiger partial charge in [0.1, 0.15) is 0 Å². The van der Waals surface area contributed by atoms with Crippen LogP contribution in [-0.4, -0.2) is 42.5 Å². The molecule has 114 valence electrons. The number of nitrogens with zero attached hydrogens (tertiary/aromatic N) is 1. The Hall–Kier alpha value is -1.55. The monoisotopic (exact) mass is 287 g/mol. The maximum Gasteiger partial charge on any atom is 0.242 e. The van der Waals surface area contributed by atoms with Crippen molar-refractivity contribution in [1.29, 1.82) is 0 Å². The summed E-state index contributed by atoms with van der Waals surface area (Å²) in [5, 5.41) is 6.80. The first kappa shape index (κ1) is 14.4. The molecular weight excluding hydrogens is 262 g/mol. The Morgan fingerprint density at radius 1 is 1.24 bits per heavy atom. The van der Waals surface area contributed by atoms with Gasteiger partial charge in [-0.1, -0.05) is 18.2 Å². The average molecular weight is 287 g/mol. The zero-order valence-electron chi connectivity index (χ0n) is 13.0. The summed E-state index contributed by atoms with van der Waals surface area (Å²) in [5.41, 5.74) is 3.50. The van der Waals surface area contributed by atoms with Crippen molar-refractivity contribution in [3.63, 3.8) is 0 Å². The minimum absolute atomic E-state index is 0.244. The summed E-state index contributed by atoms with van der Waals surface area (Å²) in [4.78, 5) is 14.8. The highest BCUT2D eigenvalue weighted by molar-refractivity contribution is 5.82. The number of hydrogen-bond acceptors (Lipinski definition) is 3. The average Bonchev–Trinajstić information content (AvgIpc) is 2.71. The van der Waals surface area contributed by atoms with Crippen LogP contribution in [-0.2, 0) is 4.79 Å². The smallest absolute Gasteiger partial charge is 0.242 e. The molecule has 2 bridgehead atoms. The van der Waals surface area contributed by atoms with Gasteiger partial charge in [0.15, 0.2) is 0 Å². The van der Waals surface area contributed by atoms with Crippen molar-refractivity contribution in [2.24, 2.45) is 0 Å². The third-order valence-electron chi connectivity index (χ3n) is 4.84. The lowest BCUT2D eigenvalue weighted by Gasteiger charge is -2.28. The predicted molar refractivity (Wildman–Crippen MR) is 85.5 cm³/mol. The van der Waals surface area contributed by atoms with Crippen molar-refractivity contribution in [3.8, 4) is 0 Å². The van der Waals surface area contributed by atoms with E-state index in [1.165, 1.54) is 17.5 Å². The van der Waals surface area contributed by atoms with Gasteiger partial charge in [-0.05, 0) is 50.8 Å². The zero-order chi connectivity index (χ0) is 14.8. The Bertz CT molecular complexity index is 495. The SMILES string of the molecule is Cc1cccc(C)c1NCC(=O)N1C2CCNCC1CC2. The number of aryl methyl sites for hydroxylation is 2. The molecular formula is C17H25N3O. The molecule has 0 aromatic heterocycles. The van der Waals surface area contributed by atoms with Crippen molar-refractivity contribution >= 4 is 11.6 Å². The summed E-state index contributed by atoms with van der Waals surface area (Å²) in [5.74, 6) is 0.244. The number of hydrogen-bond donors (Lipinski definition) is 2. The summed E-state index contributed by atoms with van der Waals surface area (Å²) in [7, 11) is 0. The van der Waals surface area contributed by atoms with Crippen molar-refractivity contribution < 1.29 is 4.79 Å². The first-order valence-electron chi connectivity index (χ1n) is 7.99. The molecule has 1 amide bonds. The van der Waals surface area contributed by atoms with Crippen LogP contribution >= 0.6 is 0 Å². The highest BCUT2D eigenvalue weighted by atomic mass is 16.2. The van der Waals surface area contributed by atoms with E-state index < -0.39 is 0 Å². The van der Waals surface area contributed by atoms with E-state index in [4.69, 9.17) is 0 Å². The van der Waals surface area contributed by atoms with Gasteiger partial charge in [-0.3, -0.25) is 4.79 Å². The van der Waals surface area contributed by atoms with Gasteiger partial charge < -0.3 is 15.5 Å². The molecule has 4 nitrogen and oxygen atoms in total. The summed E-state index contributed by atoms with van der Waals surface area (Å²) >= 11 is 0. The van der Waals surface area contributed by atoms with Gasteiger partial charge in [0.25, 0.3) is 0 Å². The summed E-state index contributed by atoms with van der Waals surface area (Å²) in [6, 6.07) is 7.05. The zero-order valence-corrected chi connectivity index (χ0v) is 13.0. The number of amides is 1. The number of benzene rings is 1. The Morgan fingerprint density at radius 3 is 2.71 bits per heavy atom. The molecule has 3 rings (SSSR count). The van der Waals surface area contributed by atoms with Gasteiger partial charge in [-0.15, -0.1) is 0 Å². The van der Waals surface area contributed by atoms with Crippen molar-refractivity contribution in [2.45, 2.75) is 45.2 Å². The van der Waals surface area contributed by atoms with E-state index in [1.807, 2.05) is 0 Å². The van der Waals surface area contributed by atoms with Crippen LogP contribution in [0.4, 0.5) is 5.69 Å². The fourth-order valence-electron chi connectivity index (χ4n) is 3.74. The molecule has 2 aliphatic heterocycles. The molecule has 0 spiro atoms. The molecule has 2 fully saturated rings. The number of rotatable bonds is 3. The Kier molecular flexibility index (Phi) is 4.15. The number of carbonyl (C=O) groups excluding carboxylic acids is 1. The van der Waals surface area contributed by atoms with Gasteiger partial charge in [-0.2, -0.15) is 0 Å². The van der Waals surface area contributed by atoms with E-state index in [9.17, 15) is 4.79 Å². The van der Waals surface area contributed by atoms with E-state index in [0.29, 0.717) is 18.6 Å². The first-order valence-corrected chi connectivity index (χ1v) is 7.99. The van der Waals surface area contributed by atoms with E-state index in [0.717, 1.165) is 31.6 Å². The highest BCUT2D eigenvalue weighted by Gasteiger charge is 2.37. The lowest BCUT2D eigenvalue weighted by atomic mass is 10.1. The predicted octanol–water partition coefficient (Wildman–Crippen LogP) is 2.07. The van der Waals surface area contributed by atoms with Crippen LogP contribution in [0.1, 0.15) is 30.4 Å². The van der Waals surface area contributed by atoms with Crippen molar-refractivity contribution in [2.75, 3.05) is 25.0 Å². The third kappa shape index (κ3) is 2.91. The lowest BCUT2D eigenvalue weighted by molar-refractivity contribution is -0.131. The third-order valence-corrected chi connectivity index (χ3v) is 4.84. The molecule has 4 heteroatoms. The highest BCUT2D eigenvalue weighted by Crippen LogP contribution is 2.28. The van der Waals surface area contributed by atoms with E-state index >= 15 is 0 Å². The fourth-order valence-corrected chi connectivity index (χ4v) is 3.74. The second kappa shape index (κ2) is 6.06. The molecule has 2 atom stereocenters. The fraction of sp³-hybridized carbons (Fsp3) is 0.588. The maximum absolute atomic E-state index is 12.6. The quantitative estimate of drug-likeness (QED) is 0.894. The van der Waals surface area contributed by atoms with Gasteiger partial charge in [-0.25, -0.2) is 0 Å². The molecule has 2 saturated heterocycles. The van der Waals surface area contributed by atoms with Crippen LogP contribution in [0.5, 0.6) is 0 Å². The molecule has 2 unspecified atom stereocenters. The molecule has 21 heavy (non-hydrogen) atoms. The molecule has 0 aliphatic carbocycles. The Balaban J connectivity index is 1.67. The Labute approximate surface area is 126 Å². The molecule has 1 aromatic rings. The maximum atomic E-state index is 12.6. The largest absolute Gasteiger partial charge is 0.376 e.